The maximum atomic E-state index is 13.2. The molecule has 2 aromatic carbocycles. The molecule has 0 radical (unpaired) electrons. The Morgan fingerprint density at radius 1 is 1.03 bits per heavy atom. The highest BCUT2D eigenvalue weighted by Gasteiger charge is 2.33. The van der Waals surface area contributed by atoms with Crippen LogP contribution in [0.15, 0.2) is 71.0 Å². The maximum absolute atomic E-state index is 13.2. The number of nitrogens with zero attached hydrogens (tertiary/aromatic N) is 2. The summed E-state index contributed by atoms with van der Waals surface area (Å²) in [6, 6.07) is 13.6. The minimum atomic E-state index is -4.64. The molecule has 1 N–H and O–H groups in total. The number of amides is 1. The van der Waals surface area contributed by atoms with E-state index in [1.165, 1.54) is 27.9 Å². The average Bonchev–Trinajstić information content (AvgIpc) is 3.13. The van der Waals surface area contributed by atoms with E-state index in [0.29, 0.717) is 10.7 Å². The van der Waals surface area contributed by atoms with E-state index in [1.807, 2.05) is 18.2 Å². The third kappa shape index (κ3) is 3.52. The number of benzene rings is 2. The van der Waals surface area contributed by atoms with Gasteiger partial charge >= 0.3 is 6.18 Å². The summed E-state index contributed by atoms with van der Waals surface area (Å²) in [6.45, 7) is 0. The Hall–Kier alpha value is -3.46. The van der Waals surface area contributed by atoms with Gasteiger partial charge in [-0.25, -0.2) is 4.98 Å². The molecular formula is C20H12F3N3O2S. The van der Waals surface area contributed by atoms with Crippen molar-refractivity contribution < 1.29 is 18.0 Å². The van der Waals surface area contributed by atoms with Gasteiger partial charge in [0.25, 0.3) is 11.5 Å². The molecule has 0 unspecified atom stereocenters. The summed E-state index contributed by atoms with van der Waals surface area (Å²) >= 11 is 1.22. The molecule has 0 fully saturated rings. The molecule has 5 nitrogen and oxygen atoms in total. The minimum Gasteiger partial charge on any atom is -0.321 e. The Bertz CT molecular complexity index is 1260. The number of para-hydroxylation sites is 1. The van der Waals surface area contributed by atoms with Gasteiger partial charge in [0.05, 0.1) is 16.9 Å². The molecule has 2 aromatic heterocycles. The molecule has 0 spiro atoms. The monoisotopic (exact) mass is 415 g/mol. The second-order valence-corrected chi connectivity index (χ2v) is 6.92. The topological polar surface area (TPSA) is 63.5 Å². The minimum absolute atomic E-state index is 0.352. The number of halogens is 3. The summed E-state index contributed by atoms with van der Waals surface area (Å²) in [4.78, 5) is 30.0. The van der Waals surface area contributed by atoms with Crippen LogP contribution in [0.2, 0.25) is 0 Å². The zero-order valence-electron chi connectivity index (χ0n) is 14.6. The number of rotatable bonds is 3. The highest BCUT2D eigenvalue weighted by molar-refractivity contribution is 7.15. The summed E-state index contributed by atoms with van der Waals surface area (Å²) < 4.78 is 40.8. The molecule has 29 heavy (non-hydrogen) atoms. The molecule has 0 aliphatic carbocycles. The summed E-state index contributed by atoms with van der Waals surface area (Å²) in [5.74, 6) is -0.959. The number of carbonyl (C=O) groups excluding carboxylic acids is 1. The van der Waals surface area contributed by atoms with Crippen molar-refractivity contribution in [1.29, 1.82) is 0 Å². The van der Waals surface area contributed by atoms with Crippen molar-refractivity contribution in [2.24, 2.45) is 0 Å². The van der Waals surface area contributed by atoms with Crippen LogP contribution in [0.4, 0.5) is 18.9 Å². The Balaban J connectivity index is 1.77. The lowest BCUT2D eigenvalue weighted by Crippen LogP contribution is -2.27. The smallest absolute Gasteiger partial charge is 0.321 e. The van der Waals surface area contributed by atoms with Gasteiger partial charge in [0.2, 0.25) is 0 Å². The van der Waals surface area contributed by atoms with E-state index in [1.54, 1.807) is 17.5 Å². The van der Waals surface area contributed by atoms with Gasteiger partial charge in [0.15, 0.2) is 4.96 Å². The summed E-state index contributed by atoms with van der Waals surface area (Å²) in [7, 11) is 0. The molecule has 4 rings (SSSR count). The van der Waals surface area contributed by atoms with Crippen LogP contribution >= 0.6 is 11.3 Å². The van der Waals surface area contributed by atoms with E-state index in [0.717, 1.165) is 23.9 Å². The number of aromatic nitrogens is 2. The fourth-order valence-corrected chi connectivity index (χ4v) is 3.75. The number of anilines is 1. The first-order valence-electron chi connectivity index (χ1n) is 8.38. The molecule has 1 amide bonds. The molecule has 2 heterocycles. The second-order valence-electron chi connectivity index (χ2n) is 6.08. The molecule has 0 aliphatic heterocycles. The molecule has 9 heteroatoms. The van der Waals surface area contributed by atoms with Crippen molar-refractivity contribution in [3.05, 3.63) is 87.7 Å². The second kappa shape index (κ2) is 7.17. The van der Waals surface area contributed by atoms with Crippen molar-refractivity contribution in [3.63, 3.8) is 0 Å². The first kappa shape index (κ1) is 18.9. The maximum Gasteiger partial charge on any atom is 0.418 e. The number of nitrogens with one attached hydrogen (secondary N) is 1. The Kier molecular flexibility index (Phi) is 4.67. The van der Waals surface area contributed by atoms with Crippen LogP contribution in [-0.2, 0) is 6.18 Å². The van der Waals surface area contributed by atoms with Gasteiger partial charge in [-0.1, -0.05) is 42.5 Å². The van der Waals surface area contributed by atoms with Gasteiger partial charge in [-0.05, 0) is 17.7 Å². The van der Waals surface area contributed by atoms with Crippen molar-refractivity contribution >= 4 is 27.9 Å². The van der Waals surface area contributed by atoms with Gasteiger partial charge in [-0.2, -0.15) is 13.2 Å². The zero-order valence-corrected chi connectivity index (χ0v) is 15.4. The van der Waals surface area contributed by atoms with Crippen molar-refractivity contribution in [2.45, 2.75) is 6.18 Å². The van der Waals surface area contributed by atoms with E-state index in [-0.39, 0.29) is 5.56 Å². The van der Waals surface area contributed by atoms with Gasteiger partial charge in [0.1, 0.15) is 5.56 Å². The lowest BCUT2D eigenvalue weighted by Gasteiger charge is -2.13. The Morgan fingerprint density at radius 3 is 2.45 bits per heavy atom. The average molecular weight is 415 g/mol. The van der Waals surface area contributed by atoms with Crippen LogP contribution in [0.25, 0.3) is 16.2 Å². The third-order valence-electron chi connectivity index (χ3n) is 4.24. The Morgan fingerprint density at radius 2 is 1.72 bits per heavy atom. The Labute approximate surface area is 166 Å². The molecule has 146 valence electrons. The number of hydrogen-bond acceptors (Lipinski definition) is 4. The predicted octanol–water partition coefficient (Wildman–Crippen LogP) is 4.69. The largest absolute Gasteiger partial charge is 0.418 e. The molecule has 0 bridgehead atoms. The zero-order chi connectivity index (χ0) is 20.6. The quantitative estimate of drug-likeness (QED) is 0.528. The highest BCUT2D eigenvalue weighted by Crippen LogP contribution is 2.34. The number of alkyl halides is 3. The van der Waals surface area contributed by atoms with Crippen LogP contribution in [0.5, 0.6) is 0 Å². The first-order chi connectivity index (χ1) is 13.9. The van der Waals surface area contributed by atoms with Gasteiger partial charge in [-0.15, -0.1) is 11.3 Å². The van der Waals surface area contributed by atoms with Gasteiger partial charge in [0, 0.05) is 11.6 Å². The summed E-state index contributed by atoms with van der Waals surface area (Å²) in [6.07, 6.45) is -3.57. The lowest BCUT2D eigenvalue weighted by atomic mass is 10.1. The van der Waals surface area contributed by atoms with Crippen molar-refractivity contribution in [3.8, 4) is 11.3 Å². The summed E-state index contributed by atoms with van der Waals surface area (Å²) in [5.41, 5.74) is -1.13. The van der Waals surface area contributed by atoms with Crippen molar-refractivity contribution in [1.82, 2.24) is 9.38 Å². The standard InChI is InChI=1S/C20H12F3N3O2S/c21-20(22,23)14-8-4-5-9-15(14)25-17(27)13-10-24-19-26(18(13)28)16(11-29-19)12-6-2-1-3-7-12/h1-11H,(H,25,27). The first-order valence-corrected chi connectivity index (χ1v) is 9.26. The molecule has 0 atom stereocenters. The molecule has 4 aromatic rings. The molecule has 0 saturated carbocycles. The fraction of sp³-hybridized carbons (Fsp3) is 0.0500. The molecule has 0 aliphatic rings. The van der Waals surface area contributed by atoms with Crippen LogP contribution in [0, 0.1) is 0 Å². The molecular weight excluding hydrogens is 403 g/mol. The number of hydrogen-bond donors (Lipinski definition) is 1. The van der Waals surface area contributed by atoms with Crippen LogP contribution in [-0.4, -0.2) is 15.3 Å². The number of fused-ring (bicyclic) bond motifs is 1. The van der Waals surface area contributed by atoms with Crippen LogP contribution in [0.3, 0.4) is 0 Å². The van der Waals surface area contributed by atoms with Gasteiger partial charge < -0.3 is 5.32 Å². The highest BCUT2D eigenvalue weighted by atomic mass is 32.1. The van der Waals surface area contributed by atoms with Crippen molar-refractivity contribution in [2.75, 3.05) is 5.32 Å². The van der Waals surface area contributed by atoms with Crippen LogP contribution in [0.1, 0.15) is 15.9 Å². The van der Waals surface area contributed by atoms with E-state index in [4.69, 9.17) is 0 Å². The van der Waals surface area contributed by atoms with E-state index < -0.39 is 28.9 Å². The number of thiazole rings is 1. The lowest BCUT2D eigenvalue weighted by molar-refractivity contribution is -0.136. The summed E-state index contributed by atoms with van der Waals surface area (Å²) in [5, 5.41) is 3.92. The van der Waals surface area contributed by atoms with Crippen LogP contribution < -0.4 is 10.9 Å². The fourth-order valence-electron chi connectivity index (χ4n) is 2.89. The van der Waals surface area contributed by atoms with E-state index in [2.05, 4.69) is 10.3 Å². The van der Waals surface area contributed by atoms with E-state index in [9.17, 15) is 22.8 Å². The number of carbonyl (C=O) groups is 1. The third-order valence-corrected chi connectivity index (χ3v) is 5.08. The predicted molar refractivity (Wildman–Crippen MR) is 104 cm³/mol. The normalized spacial score (nSPS) is 11.6. The SMILES string of the molecule is O=C(Nc1ccccc1C(F)(F)F)c1cnc2scc(-c3ccccc3)n2c1=O. The van der Waals surface area contributed by atoms with E-state index >= 15 is 0 Å². The van der Waals surface area contributed by atoms with Gasteiger partial charge in [-0.3, -0.25) is 14.0 Å². The molecule has 0 saturated heterocycles.